The van der Waals surface area contributed by atoms with E-state index in [1.165, 1.54) is 4.90 Å². The summed E-state index contributed by atoms with van der Waals surface area (Å²) in [5, 5.41) is 0. The summed E-state index contributed by atoms with van der Waals surface area (Å²) in [7, 11) is 1.55. The quantitative estimate of drug-likeness (QED) is 0.565. The Morgan fingerprint density at radius 3 is 2.35 bits per heavy atom. The molecule has 1 saturated heterocycles. The van der Waals surface area contributed by atoms with E-state index in [0.29, 0.717) is 11.3 Å². The Balaban J connectivity index is 1.69. The summed E-state index contributed by atoms with van der Waals surface area (Å²) < 4.78 is 16.4. The minimum absolute atomic E-state index is 0.0593. The molecule has 3 aromatic carbocycles. The van der Waals surface area contributed by atoms with E-state index in [9.17, 15) is 9.59 Å². The van der Waals surface area contributed by atoms with Gasteiger partial charge >= 0.3 is 12.1 Å². The Morgan fingerprint density at radius 1 is 0.968 bits per heavy atom. The first-order chi connectivity index (χ1) is 15.2. The van der Waals surface area contributed by atoms with Gasteiger partial charge in [0.1, 0.15) is 19.0 Å². The van der Waals surface area contributed by atoms with E-state index in [0.717, 1.165) is 11.1 Å². The van der Waals surface area contributed by atoms with Crippen LogP contribution in [0, 0.1) is 0 Å². The van der Waals surface area contributed by atoms with E-state index in [4.69, 9.17) is 14.2 Å². The van der Waals surface area contributed by atoms with Crippen LogP contribution in [-0.2, 0) is 20.9 Å². The van der Waals surface area contributed by atoms with Gasteiger partial charge in [-0.1, -0.05) is 72.8 Å². The van der Waals surface area contributed by atoms with Crippen LogP contribution < -0.4 is 4.74 Å². The molecule has 31 heavy (non-hydrogen) atoms. The molecule has 0 spiro atoms. The van der Waals surface area contributed by atoms with Crippen molar-refractivity contribution in [3.8, 4) is 5.75 Å². The number of methoxy groups -OCH3 is 1. The van der Waals surface area contributed by atoms with Crippen LogP contribution in [0.15, 0.2) is 84.9 Å². The molecule has 0 N–H and O–H groups in total. The Morgan fingerprint density at radius 2 is 1.65 bits per heavy atom. The number of benzene rings is 3. The van der Waals surface area contributed by atoms with E-state index in [1.54, 1.807) is 31.4 Å². The summed E-state index contributed by atoms with van der Waals surface area (Å²) in [4.78, 5) is 27.6. The van der Waals surface area contributed by atoms with Crippen molar-refractivity contribution >= 4 is 12.1 Å². The van der Waals surface area contributed by atoms with Crippen molar-refractivity contribution in [1.82, 2.24) is 4.90 Å². The lowest BCUT2D eigenvalue weighted by Gasteiger charge is -2.40. The van der Waals surface area contributed by atoms with Crippen LogP contribution in [-0.4, -0.2) is 30.7 Å². The maximum absolute atomic E-state index is 13.3. The highest BCUT2D eigenvalue weighted by molar-refractivity contribution is 5.84. The zero-order chi connectivity index (χ0) is 21.6. The summed E-state index contributed by atoms with van der Waals surface area (Å²) >= 11 is 0. The zero-order valence-electron chi connectivity index (χ0n) is 17.1. The predicted molar refractivity (Wildman–Crippen MR) is 114 cm³/mol. The van der Waals surface area contributed by atoms with Gasteiger partial charge in [0.15, 0.2) is 6.04 Å². The topological polar surface area (TPSA) is 65.1 Å². The van der Waals surface area contributed by atoms with Crippen molar-refractivity contribution < 1.29 is 23.8 Å². The van der Waals surface area contributed by atoms with Gasteiger partial charge in [0.25, 0.3) is 0 Å². The van der Waals surface area contributed by atoms with Crippen LogP contribution in [0.3, 0.4) is 0 Å². The monoisotopic (exact) mass is 417 g/mol. The second-order valence-corrected chi connectivity index (χ2v) is 7.18. The number of morpholine rings is 1. The van der Waals surface area contributed by atoms with Gasteiger partial charge in [0.2, 0.25) is 0 Å². The second-order valence-electron chi connectivity index (χ2n) is 7.18. The molecule has 0 aliphatic carbocycles. The molecule has 2 atom stereocenters. The first-order valence-corrected chi connectivity index (χ1v) is 10.0. The van der Waals surface area contributed by atoms with Gasteiger partial charge in [-0.15, -0.1) is 0 Å². The molecular weight excluding hydrogens is 394 g/mol. The van der Waals surface area contributed by atoms with Crippen molar-refractivity contribution in [3.63, 3.8) is 0 Å². The fraction of sp³-hybridized carbons (Fsp3) is 0.200. The van der Waals surface area contributed by atoms with Crippen LogP contribution in [0.2, 0.25) is 0 Å². The third kappa shape index (κ3) is 4.53. The molecule has 1 fully saturated rings. The Bertz CT molecular complexity index is 1040. The van der Waals surface area contributed by atoms with E-state index >= 15 is 0 Å². The van der Waals surface area contributed by atoms with Crippen molar-refractivity contribution in [3.05, 3.63) is 102 Å². The fourth-order valence-corrected chi connectivity index (χ4v) is 3.68. The van der Waals surface area contributed by atoms with E-state index in [-0.39, 0.29) is 13.2 Å². The molecule has 4 rings (SSSR count). The third-order valence-corrected chi connectivity index (χ3v) is 5.23. The number of amides is 1. The molecule has 6 nitrogen and oxygen atoms in total. The lowest BCUT2D eigenvalue weighted by atomic mass is 9.98. The minimum atomic E-state index is -0.947. The summed E-state index contributed by atoms with van der Waals surface area (Å²) in [6, 6.07) is 24.6. The number of hydrogen-bond acceptors (Lipinski definition) is 5. The average molecular weight is 417 g/mol. The molecule has 158 valence electrons. The van der Waals surface area contributed by atoms with Gasteiger partial charge in [-0.2, -0.15) is 0 Å². The highest BCUT2D eigenvalue weighted by atomic mass is 16.6. The second kappa shape index (κ2) is 9.34. The first-order valence-electron chi connectivity index (χ1n) is 10.0. The fourth-order valence-electron chi connectivity index (χ4n) is 3.68. The molecule has 6 heteroatoms. The molecule has 0 bridgehead atoms. The zero-order valence-corrected chi connectivity index (χ0v) is 17.1. The van der Waals surface area contributed by atoms with Crippen LogP contribution in [0.5, 0.6) is 5.75 Å². The van der Waals surface area contributed by atoms with Gasteiger partial charge in [-0.25, -0.2) is 9.59 Å². The van der Waals surface area contributed by atoms with E-state index in [1.807, 2.05) is 60.7 Å². The Kier molecular flexibility index (Phi) is 6.17. The lowest BCUT2D eigenvalue weighted by Crippen LogP contribution is -2.48. The lowest BCUT2D eigenvalue weighted by molar-refractivity contribution is -0.161. The van der Waals surface area contributed by atoms with Crippen LogP contribution in [0.25, 0.3) is 0 Å². The Hall–Kier alpha value is -3.80. The summed E-state index contributed by atoms with van der Waals surface area (Å²) in [6.07, 6.45) is -0.581. The predicted octanol–water partition coefficient (Wildman–Crippen LogP) is 4.67. The van der Waals surface area contributed by atoms with Gasteiger partial charge in [0.05, 0.1) is 13.2 Å². The molecule has 1 aliphatic rings. The number of rotatable bonds is 5. The number of nitrogens with zero attached hydrogens (tertiary/aromatic N) is 1. The molecule has 1 amide bonds. The van der Waals surface area contributed by atoms with Crippen LogP contribution in [0.4, 0.5) is 4.79 Å². The third-order valence-electron chi connectivity index (χ3n) is 5.23. The standard InChI is InChI=1S/C25H23NO5/c1-29-21-14-8-13-20(15-21)23-24(27)30-17-22(19-11-6-3-7-12-19)26(23)25(28)31-16-18-9-4-2-5-10-18/h2-15,22-23H,16-17H2,1H3/t22-,23+/m1/s1. The van der Waals surface area contributed by atoms with Crippen molar-refractivity contribution in [2.75, 3.05) is 13.7 Å². The van der Waals surface area contributed by atoms with Gasteiger partial charge < -0.3 is 14.2 Å². The van der Waals surface area contributed by atoms with Crippen LogP contribution >= 0.6 is 0 Å². The summed E-state index contributed by atoms with van der Waals surface area (Å²) in [5.41, 5.74) is 2.32. The molecule has 3 aromatic rings. The molecule has 0 unspecified atom stereocenters. The SMILES string of the molecule is COc1cccc([C@H]2C(=O)OC[C@H](c3ccccc3)N2C(=O)OCc2ccccc2)c1. The van der Waals surface area contributed by atoms with Crippen LogP contribution in [0.1, 0.15) is 28.8 Å². The average Bonchev–Trinajstić information content (AvgIpc) is 2.83. The van der Waals surface area contributed by atoms with E-state index < -0.39 is 24.1 Å². The smallest absolute Gasteiger partial charge is 0.411 e. The maximum Gasteiger partial charge on any atom is 0.411 e. The number of carbonyl (C=O) groups excluding carboxylic acids is 2. The number of ether oxygens (including phenoxy) is 3. The number of esters is 1. The number of carbonyl (C=O) groups is 2. The molecule has 0 aromatic heterocycles. The molecule has 1 aliphatic heterocycles. The highest BCUT2D eigenvalue weighted by Gasteiger charge is 2.43. The minimum Gasteiger partial charge on any atom is -0.497 e. The summed E-state index contributed by atoms with van der Waals surface area (Å²) in [5.74, 6) is 0.0850. The van der Waals surface area contributed by atoms with Crippen molar-refractivity contribution in [2.45, 2.75) is 18.7 Å². The molecular formula is C25H23NO5. The largest absolute Gasteiger partial charge is 0.497 e. The van der Waals surface area contributed by atoms with E-state index in [2.05, 4.69) is 0 Å². The Labute approximate surface area is 181 Å². The van der Waals surface area contributed by atoms with Gasteiger partial charge in [-0.3, -0.25) is 4.90 Å². The number of cyclic esters (lactones) is 1. The maximum atomic E-state index is 13.3. The van der Waals surface area contributed by atoms with Crippen molar-refractivity contribution in [1.29, 1.82) is 0 Å². The van der Waals surface area contributed by atoms with Crippen molar-refractivity contribution in [2.24, 2.45) is 0 Å². The van der Waals surface area contributed by atoms with Gasteiger partial charge in [0, 0.05) is 0 Å². The molecule has 1 heterocycles. The molecule has 0 saturated carbocycles. The van der Waals surface area contributed by atoms with Gasteiger partial charge in [-0.05, 0) is 28.8 Å². The summed E-state index contributed by atoms with van der Waals surface area (Å²) in [6.45, 7) is 0.168. The number of hydrogen-bond donors (Lipinski definition) is 0. The highest BCUT2D eigenvalue weighted by Crippen LogP contribution is 2.37. The first kappa shape index (κ1) is 20.5. The normalized spacial score (nSPS) is 18.2. The molecule has 0 radical (unpaired) electrons.